The van der Waals surface area contributed by atoms with Crippen molar-refractivity contribution in [2.75, 3.05) is 0 Å². The minimum atomic E-state index is 0.862. The van der Waals surface area contributed by atoms with Gasteiger partial charge in [0.15, 0.2) is 0 Å². The summed E-state index contributed by atoms with van der Waals surface area (Å²) in [6.07, 6.45) is 0.862. The Bertz CT molecular complexity index is 628. The lowest BCUT2D eigenvalue weighted by atomic mass is 10.1. The Morgan fingerprint density at radius 3 is 2.00 bits per heavy atom. The van der Waals surface area contributed by atoms with Crippen molar-refractivity contribution in [2.45, 2.75) is 13.3 Å². The Hall–Kier alpha value is -2.44. The third kappa shape index (κ3) is 3.27. The van der Waals surface area contributed by atoms with Crippen LogP contribution >= 0.6 is 0 Å². The van der Waals surface area contributed by atoms with E-state index >= 15 is 0 Å². The number of rotatable bonds is 0. The highest BCUT2D eigenvalue weighted by atomic mass is 14.0. The first-order valence-corrected chi connectivity index (χ1v) is 6.05. The van der Waals surface area contributed by atoms with Crippen molar-refractivity contribution in [1.82, 2.24) is 0 Å². The predicted octanol–water partition coefficient (Wildman–Crippen LogP) is 3.85. The average molecular weight is 230 g/mol. The van der Waals surface area contributed by atoms with E-state index in [1.54, 1.807) is 0 Å². The summed E-state index contributed by atoms with van der Waals surface area (Å²) in [6.45, 7) is 2.05. The van der Waals surface area contributed by atoms with Gasteiger partial charge in [0.2, 0.25) is 0 Å². The van der Waals surface area contributed by atoms with Gasteiger partial charge in [-0.05, 0) is 24.3 Å². The van der Waals surface area contributed by atoms with E-state index in [2.05, 4.69) is 23.7 Å². The molecule has 0 bridgehead atoms. The van der Waals surface area contributed by atoms with Crippen molar-refractivity contribution < 1.29 is 0 Å². The van der Waals surface area contributed by atoms with Crippen LogP contribution in [-0.2, 0) is 0 Å². The summed E-state index contributed by atoms with van der Waals surface area (Å²) in [4.78, 5) is 0. The maximum Gasteiger partial charge on any atom is 0.0405 e. The summed E-state index contributed by atoms with van der Waals surface area (Å²) >= 11 is 0. The SMILES string of the molecule is CCC#Cc1ccccc1C#Cc1ccccc1. The second-order valence-corrected chi connectivity index (χ2v) is 3.82. The maximum absolute atomic E-state index is 3.19. The second kappa shape index (κ2) is 6.33. The van der Waals surface area contributed by atoms with E-state index in [0.29, 0.717) is 0 Å². The Labute approximate surface area is 109 Å². The molecule has 0 atom stereocenters. The van der Waals surface area contributed by atoms with Crippen LogP contribution in [0, 0.1) is 23.7 Å². The van der Waals surface area contributed by atoms with E-state index in [9.17, 15) is 0 Å². The molecule has 0 aliphatic carbocycles. The van der Waals surface area contributed by atoms with Crippen LogP contribution in [0.5, 0.6) is 0 Å². The molecule has 0 spiro atoms. The highest BCUT2D eigenvalue weighted by molar-refractivity contribution is 5.52. The van der Waals surface area contributed by atoms with Crippen LogP contribution in [0.15, 0.2) is 54.6 Å². The zero-order chi connectivity index (χ0) is 12.6. The molecule has 0 amide bonds. The molecule has 0 heteroatoms. The van der Waals surface area contributed by atoms with Gasteiger partial charge in [0.1, 0.15) is 0 Å². The van der Waals surface area contributed by atoms with Crippen LogP contribution in [-0.4, -0.2) is 0 Å². The van der Waals surface area contributed by atoms with E-state index in [4.69, 9.17) is 0 Å². The molecule has 0 saturated heterocycles. The minimum absolute atomic E-state index is 0.862. The lowest BCUT2D eigenvalue weighted by Crippen LogP contribution is -1.82. The van der Waals surface area contributed by atoms with Crippen molar-refractivity contribution in [3.63, 3.8) is 0 Å². The number of hydrogen-bond acceptors (Lipinski definition) is 0. The van der Waals surface area contributed by atoms with E-state index < -0.39 is 0 Å². The fourth-order valence-electron chi connectivity index (χ4n) is 1.55. The first-order valence-electron chi connectivity index (χ1n) is 6.05. The summed E-state index contributed by atoms with van der Waals surface area (Å²) < 4.78 is 0. The van der Waals surface area contributed by atoms with Crippen molar-refractivity contribution in [3.8, 4) is 23.7 Å². The van der Waals surface area contributed by atoms with Crippen molar-refractivity contribution in [3.05, 3.63) is 71.3 Å². The Balaban J connectivity index is 2.33. The summed E-state index contributed by atoms with van der Waals surface area (Å²) in [5.74, 6) is 12.6. The summed E-state index contributed by atoms with van der Waals surface area (Å²) in [5, 5.41) is 0. The summed E-state index contributed by atoms with van der Waals surface area (Å²) in [7, 11) is 0. The van der Waals surface area contributed by atoms with Crippen LogP contribution in [0.3, 0.4) is 0 Å². The van der Waals surface area contributed by atoms with E-state index in [0.717, 1.165) is 23.1 Å². The first kappa shape index (κ1) is 12.0. The van der Waals surface area contributed by atoms with Crippen molar-refractivity contribution in [1.29, 1.82) is 0 Å². The van der Waals surface area contributed by atoms with Crippen LogP contribution in [0.1, 0.15) is 30.0 Å². The zero-order valence-corrected chi connectivity index (χ0v) is 10.4. The fourth-order valence-corrected chi connectivity index (χ4v) is 1.55. The van der Waals surface area contributed by atoms with Crippen molar-refractivity contribution >= 4 is 0 Å². The Kier molecular flexibility index (Phi) is 4.23. The molecule has 0 aromatic heterocycles. The molecule has 2 aromatic rings. The van der Waals surface area contributed by atoms with Gasteiger partial charge in [-0.15, -0.1) is 0 Å². The summed E-state index contributed by atoms with van der Waals surface area (Å²) in [5.41, 5.74) is 3.01. The van der Waals surface area contributed by atoms with E-state index in [-0.39, 0.29) is 0 Å². The molecule has 2 rings (SSSR count). The molecule has 0 nitrogen and oxygen atoms in total. The van der Waals surface area contributed by atoms with Gasteiger partial charge in [0.05, 0.1) is 0 Å². The highest BCUT2D eigenvalue weighted by Gasteiger charge is 1.93. The summed E-state index contributed by atoms with van der Waals surface area (Å²) in [6, 6.07) is 18.0. The van der Waals surface area contributed by atoms with E-state index in [1.165, 1.54) is 0 Å². The lowest BCUT2D eigenvalue weighted by Gasteiger charge is -1.95. The zero-order valence-electron chi connectivity index (χ0n) is 10.4. The molecule has 0 aliphatic rings. The van der Waals surface area contributed by atoms with Crippen LogP contribution < -0.4 is 0 Å². The largest absolute Gasteiger partial charge is 0.0981 e. The third-order valence-electron chi connectivity index (χ3n) is 2.44. The second-order valence-electron chi connectivity index (χ2n) is 3.82. The number of hydrogen-bond donors (Lipinski definition) is 0. The predicted molar refractivity (Wildman–Crippen MR) is 76.0 cm³/mol. The minimum Gasteiger partial charge on any atom is -0.0981 e. The molecule has 0 unspecified atom stereocenters. The topological polar surface area (TPSA) is 0 Å². The van der Waals surface area contributed by atoms with Gasteiger partial charge < -0.3 is 0 Å². The first-order chi connectivity index (χ1) is 8.90. The molecule has 86 valence electrons. The standard InChI is InChI=1S/C18H14/c1-2-3-11-17-12-7-8-13-18(17)15-14-16-9-5-4-6-10-16/h4-10,12-13H,2H2,1H3. The molecule has 0 saturated carbocycles. The highest BCUT2D eigenvalue weighted by Crippen LogP contribution is 2.06. The van der Waals surface area contributed by atoms with Gasteiger partial charge in [0.25, 0.3) is 0 Å². The smallest absolute Gasteiger partial charge is 0.0405 e. The quantitative estimate of drug-likeness (QED) is 0.603. The average Bonchev–Trinajstić information content (AvgIpc) is 2.45. The molecular formula is C18H14. The molecule has 0 N–H and O–H groups in total. The van der Waals surface area contributed by atoms with Gasteiger partial charge in [-0.25, -0.2) is 0 Å². The molecule has 18 heavy (non-hydrogen) atoms. The molecule has 0 radical (unpaired) electrons. The van der Waals surface area contributed by atoms with Crippen LogP contribution in [0.4, 0.5) is 0 Å². The molecule has 0 heterocycles. The van der Waals surface area contributed by atoms with Gasteiger partial charge >= 0.3 is 0 Å². The molecule has 0 aliphatic heterocycles. The van der Waals surface area contributed by atoms with Crippen molar-refractivity contribution in [2.24, 2.45) is 0 Å². The van der Waals surface area contributed by atoms with Gasteiger partial charge in [0, 0.05) is 23.1 Å². The molecule has 0 fully saturated rings. The Morgan fingerprint density at radius 2 is 1.33 bits per heavy atom. The number of benzene rings is 2. The lowest BCUT2D eigenvalue weighted by molar-refractivity contribution is 1.28. The van der Waals surface area contributed by atoms with Gasteiger partial charge in [-0.2, -0.15) is 0 Å². The van der Waals surface area contributed by atoms with Crippen LogP contribution in [0.25, 0.3) is 0 Å². The van der Waals surface area contributed by atoms with Gasteiger partial charge in [-0.1, -0.05) is 60.9 Å². The fraction of sp³-hybridized carbons (Fsp3) is 0.111. The monoisotopic (exact) mass is 230 g/mol. The molecule has 2 aromatic carbocycles. The van der Waals surface area contributed by atoms with Crippen LogP contribution in [0.2, 0.25) is 0 Å². The Morgan fingerprint density at radius 1 is 0.722 bits per heavy atom. The third-order valence-corrected chi connectivity index (χ3v) is 2.44. The normalized spacial score (nSPS) is 8.72. The van der Waals surface area contributed by atoms with E-state index in [1.807, 2.05) is 61.5 Å². The maximum atomic E-state index is 3.19. The molecular weight excluding hydrogens is 216 g/mol. The van der Waals surface area contributed by atoms with Gasteiger partial charge in [-0.3, -0.25) is 0 Å².